The summed E-state index contributed by atoms with van der Waals surface area (Å²) < 4.78 is 12.2. The highest BCUT2D eigenvalue weighted by Gasteiger charge is 2.57. The van der Waals surface area contributed by atoms with Crippen molar-refractivity contribution < 1.29 is 38.2 Å². The van der Waals surface area contributed by atoms with E-state index in [1.165, 1.54) is 25.0 Å². The van der Waals surface area contributed by atoms with Gasteiger partial charge >= 0.3 is 11.9 Å². The number of esters is 2. The maximum atomic E-state index is 14.4. The third kappa shape index (κ3) is 8.66. The summed E-state index contributed by atoms with van der Waals surface area (Å²) in [5, 5.41) is 0. The van der Waals surface area contributed by atoms with Crippen molar-refractivity contribution in [1.82, 2.24) is 0 Å². The minimum absolute atomic E-state index is 0.00219. The van der Waals surface area contributed by atoms with E-state index in [-0.39, 0.29) is 82.8 Å². The molecule has 0 aliphatic heterocycles. The van der Waals surface area contributed by atoms with E-state index < -0.39 is 10.8 Å². The molecule has 0 saturated heterocycles. The molecule has 0 radical (unpaired) electrons. The molecule has 0 heterocycles. The molecule has 8 heteroatoms. The molecule has 0 amide bonds. The van der Waals surface area contributed by atoms with Crippen LogP contribution in [0, 0.1) is 22.7 Å². The van der Waals surface area contributed by atoms with Crippen LogP contribution in [0.15, 0.2) is 72.8 Å². The first-order valence-electron chi connectivity index (χ1n) is 25.7. The minimum Gasteiger partial charge on any atom is -0.465 e. The number of fused-ring (bicyclic) bond motifs is 6. The van der Waals surface area contributed by atoms with Crippen LogP contribution in [-0.2, 0) is 42.7 Å². The topological polar surface area (TPSA) is 121 Å². The number of hydrogen-bond donors (Lipinski definition) is 0. The van der Waals surface area contributed by atoms with Gasteiger partial charge in [0, 0.05) is 39.8 Å². The molecule has 8 nitrogen and oxygen atoms in total. The molecule has 6 atom stereocenters. The highest BCUT2D eigenvalue weighted by atomic mass is 16.5. The lowest BCUT2D eigenvalue weighted by molar-refractivity contribution is -0.167. The summed E-state index contributed by atoms with van der Waals surface area (Å²) in [6, 6.07) is 22.7. The number of rotatable bonds is 14. The Morgan fingerprint density at radius 1 is 0.522 bits per heavy atom. The van der Waals surface area contributed by atoms with Gasteiger partial charge in [0.1, 0.15) is 0 Å². The largest absolute Gasteiger partial charge is 0.465 e. The molecule has 8 rings (SSSR count). The van der Waals surface area contributed by atoms with Crippen molar-refractivity contribution in [1.29, 1.82) is 0 Å². The molecule has 4 aromatic rings. The van der Waals surface area contributed by atoms with Crippen LogP contribution in [-0.4, -0.2) is 48.3 Å². The van der Waals surface area contributed by atoms with Crippen molar-refractivity contribution in [3.63, 3.8) is 0 Å². The molecule has 0 aromatic heterocycles. The van der Waals surface area contributed by atoms with Crippen LogP contribution in [0.4, 0.5) is 0 Å². The Kier molecular flexibility index (Phi) is 13.8. The number of ether oxygens (including phenoxy) is 2. The zero-order valence-corrected chi connectivity index (χ0v) is 42.7. The fourth-order valence-corrected chi connectivity index (χ4v) is 13.9. The van der Waals surface area contributed by atoms with E-state index >= 15 is 0 Å². The second-order valence-electron chi connectivity index (χ2n) is 22.5. The SMILES string of the molecule is CC(=O)c1ccccc1C(=O)c1cc2c(cc1C(C)C)CCC1C(C)(C(=O)OCCCOC(=O)C3(C)CCCC4(C)c5cc(C(=O)c6ccccc6C(C)=O)c(C(C)C)cc5CCC34)CCCC21C. The van der Waals surface area contributed by atoms with E-state index in [4.69, 9.17) is 9.47 Å². The number of benzene rings is 4. The average molecular weight is 933 g/mol. The summed E-state index contributed by atoms with van der Waals surface area (Å²) in [7, 11) is 0. The number of Topliss-reactive ketones (excluding diaryl/α,β-unsaturated/α-hetero) is 2. The second kappa shape index (κ2) is 19.0. The van der Waals surface area contributed by atoms with Gasteiger partial charge in [-0.1, -0.05) is 115 Å². The first-order valence-corrected chi connectivity index (χ1v) is 25.7. The number of carbonyl (C=O) groups is 6. The smallest absolute Gasteiger partial charge is 0.312 e. The molecule has 2 saturated carbocycles. The van der Waals surface area contributed by atoms with Crippen molar-refractivity contribution >= 4 is 35.1 Å². The van der Waals surface area contributed by atoms with Crippen LogP contribution in [0.3, 0.4) is 0 Å². The van der Waals surface area contributed by atoms with Crippen molar-refractivity contribution in [2.24, 2.45) is 22.7 Å². The molecule has 0 bridgehead atoms. The monoisotopic (exact) mass is 933 g/mol. The number of hydrogen-bond acceptors (Lipinski definition) is 8. The van der Waals surface area contributed by atoms with E-state index in [2.05, 4.69) is 79.7 Å². The summed E-state index contributed by atoms with van der Waals surface area (Å²) in [4.78, 5) is 82.6. The lowest BCUT2D eigenvalue weighted by Crippen LogP contribution is -2.53. The molecular formula is C61H72O8. The molecule has 4 aliphatic rings. The number of carbonyl (C=O) groups excluding carboxylic acids is 6. The molecule has 4 aromatic carbocycles. The number of ketones is 4. The zero-order valence-electron chi connectivity index (χ0n) is 42.7. The molecule has 6 unspecified atom stereocenters. The first-order chi connectivity index (χ1) is 32.7. The molecule has 0 N–H and O–H groups in total. The van der Waals surface area contributed by atoms with E-state index in [1.807, 2.05) is 0 Å². The van der Waals surface area contributed by atoms with Gasteiger partial charge in [0.05, 0.1) is 24.0 Å². The van der Waals surface area contributed by atoms with Gasteiger partial charge in [-0.05, 0) is 159 Å². The summed E-state index contributed by atoms with van der Waals surface area (Å²) in [5.74, 6) is -0.845. The summed E-state index contributed by atoms with van der Waals surface area (Å²) in [5.41, 5.74) is 7.36. The molecule has 69 heavy (non-hydrogen) atoms. The highest BCUT2D eigenvalue weighted by molar-refractivity contribution is 6.17. The highest BCUT2D eigenvalue weighted by Crippen LogP contribution is 2.60. The van der Waals surface area contributed by atoms with Gasteiger partial charge in [0.15, 0.2) is 23.1 Å². The Bertz CT molecular complexity index is 2560. The zero-order chi connectivity index (χ0) is 49.8. The van der Waals surface area contributed by atoms with E-state index in [1.54, 1.807) is 48.5 Å². The van der Waals surface area contributed by atoms with Crippen LogP contribution < -0.4 is 0 Å². The van der Waals surface area contributed by atoms with Gasteiger partial charge in [-0.3, -0.25) is 28.8 Å². The Morgan fingerprint density at radius 2 is 0.884 bits per heavy atom. The van der Waals surface area contributed by atoms with Gasteiger partial charge in [0.25, 0.3) is 0 Å². The normalized spacial score (nSPS) is 26.0. The standard InChI is InChI=1S/C61H72O8/c1-36(2)46-32-40-22-24-52-58(7,50(40)34-48(46)54(64)44-20-13-11-18-42(44)38(5)62)26-15-28-60(52,9)56(66)68-30-17-31-69-57(67)61(10)29-16-27-59(8)51-35-49(47(37(3)4)33-41(51)23-25-53(59)61)55(65)45-21-14-12-19-43(45)39(6)63/h11-14,18-21,32-37,52-53H,15-17,22-31H2,1-10H3. The predicted molar refractivity (Wildman–Crippen MR) is 270 cm³/mol. The van der Waals surface area contributed by atoms with E-state index in [0.29, 0.717) is 52.6 Å². The van der Waals surface area contributed by atoms with E-state index in [9.17, 15) is 28.8 Å². The van der Waals surface area contributed by atoms with Crippen LogP contribution in [0.25, 0.3) is 0 Å². The summed E-state index contributed by atoms with van der Waals surface area (Å²) in [6.45, 7) is 20.3. The Labute approximate surface area is 409 Å². The molecule has 2 fully saturated rings. The fourth-order valence-electron chi connectivity index (χ4n) is 13.9. The van der Waals surface area contributed by atoms with Gasteiger partial charge in [-0.25, -0.2) is 0 Å². The van der Waals surface area contributed by atoms with Gasteiger partial charge in [-0.2, -0.15) is 0 Å². The lowest BCUT2D eigenvalue weighted by Gasteiger charge is -2.54. The van der Waals surface area contributed by atoms with Crippen molar-refractivity contribution in [3.8, 4) is 0 Å². The average Bonchev–Trinajstić information content (AvgIpc) is 3.32. The molecule has 0 spiro atoms. The van der Waals surface area contributed by atoms with Crippen molar-refractivity contribution in [2.75, 3.05) is 13.2 Å². The quantitative estimate of drug-likeness (QED) is 0.0696. The minimum atomic E-state index is -0.738. The van der Waals surface area contributed by atoms with Gasteiger partial charge < -0.3 is 9.47 Å². The van der Waals surface area contributed by atoms with Crippen molar-refractivity contribution in [3.05, 3.63) is 140 Å². The lowest BCUT2D eigenvalue weighted by atomic mass is 9.49. The maximum absolute atomic E-state index is 14.4. The Morgan fingerprint density at radius 3 is 1.23 bits per heavy atom. The van der Waals surface area contributed by atoms with Crippen LogP contribution >= 0.6 is 0 Å². The molecule has 364 valence electrons. The Balaban J connectivity index is 0.947. The van der Waals surface area contributed by atoms with Gasteiger partial charge in [-0.15, -0.1) is 0 Å². The number of aryl methyl sites for hydroxylation is 2. The summed E-state index contributed by atoms with van der Waals surface area (Å²) in [6.07, 6.45) is 8.51. The predicted octanol–water partition coefficient (Wildman–Crippen LogP) is 13.0. The fraction of sp³-hybridized carbons (Fsp3) is 0.508. The van der Waals surface area contributed by atoms with Crippen LogP contribution in [0.5, 0.6) is 0 Å². The Hall–Kier alpha value is -5.50. The summed E-state index contributed by atoms with van der Waals surface area (Å²) >= 11 is 0. The molecular weight excluding hydrogens is 861 g/mol. The maximum Gasteiger partial charge on any atom is 0.312 e. The third-order valence-electron chi connectivity index (χ3n) is 17.6. The first kappa shape index (κ1) is 49.9. The van der Waals surface area contributed by atoms with Crippen molar-refractivity contribution in [2.45, 2.75) is 163 Å². The third-order valence-corrected chi connectivity index (χ3v) is 17.6. The second-order valence-corrected chi connectivity index (χ2v) is 22.5. The van der Waals surface area contributed by atoms with Crippen LogP contribution in [0.2, 0.25) is 0 Å². The van der Waals surface area contributed by atoms with E-state index in [0.717, 1.165) is 73.6 Å². The molecule has 4 aliphatic carbocycles. The van der Waals surface area contributed by atoms with Crippen LogP contribution in [0.1, 0.15) is 225 Å². The van der Waals surface area contributed by atoms with Gasteiger partial charge in [0.2, 0.25) is 0 Å².